The van der Waals surface area contributed by atoms with Gasteiger partial charge in [-0.25, -0.2) is 0 Å². The normalized spacial score (nSPS) is 12.4. The maximum Gasteiger partial charge on any atom is 0.144 e. The summed E-state index contributed by atoms with van der Waals surface area (Å²) in [4.78, 5) is 0. The topological polar surface area (TPSA) is 18.1 Å². The maximum absolute atomic E-state index is 6.89. The second-order valence-corrected chi connectivity index (χ2v) is 13.1. The van der Waals surface area contributed by atoms with Crippen molar-refractivity contribution in [2.45, 2.75) is 0 Å². The van der Waals surface area contributed by atoms with Crippen LogP contribution in [0.25, 0.3) is 102 Å². The third-order valence-corrected chi connectivity index (χ3v) is 10.9. The zero-order valence-corrected chi connectivity index (χ0v) is 24.9. The fourth-order valence-corrected chi connectivity index (χ4v) is 9.10. The number of nitrogens with zero attached hydrogens (tertiary/aromatic N) is 1. The standard InChI is InChI=1S/C42H23NOS/c1-3-12-26-24(10-1)21-23-35-36(26)32-17-9-19-34(42(32)45-35)43-33-18-8-7-16-30(33)37-38-31-22-20-25-11-2-4-13-27(25)40(31)44-41(38)29-15-6-5-14-28(29)39(37)43/h1-23H. The van der Waals surface area contributed by atoms with Crippen molar-refractivity contribution in [2.75, 3.05) is 0 Å². The molecule has 0 radical (unpaired) electrons. The van der Waals surface area contributed by atoms with E-state index in [0.29, 0.717) is 0 Å². The Kier molecular flexibility index (Phi) is 4.49. The Balaban J connectivity index is 1.39. The quantitative estimate of drug-likeness (QED) is 0.186. The van der Waals surface area contributed by atoms with Gasteiger partial charge in [0.15, 0.2) is 0 Å². The molecule has 0 unspecified atom stereocenters. The molecule has 0 fully saturated rings. The van der Waals surface area contributed by atoms with Gasteiger partial charge < -0.3 is 8.98 Å². The smallest absolute Gasteiger partial charge is 0.144 e. The van der Waals surface area contributed by atoms with Crippen LogP contribution in [0.3, 0.4) is 0 Å². The molecule has 0 saturated heterocycles. The highest BCUT2D eigenvalue weighted by Crippen LogP contribution is 2.49. The lowest BCUT2D eigenvalue weighted by atomic mass is 9.98. The Morgan fingerprint density at radius 2 is 1.09 bits per heavy atom. The number of furan rings is 1. The van der Waals surface area contributed by atoms with Gasteiger partial charge in [-0.2, -0.15) is 0 Å². The Morgan fingerprint density at radius 1 is 0.422 bits per heavy atom. The summed E-state index contributed by atoms with van der Waals surface area (Å²) in [7, 11) is 0. The number of thiophene rings is 1. The average molecular weight is 590 g/mol. The van der Waals surface area contributed by atoms with Crippen molar-refractivity contribution in [3.05, 3.63) is 140 Å². The number of para-hydroxylation sites is 1. The van der Waals surface area contributed by atoms with Crippen LogP contribution in [0.1, 0.15) is 0 Å². The molecule has 0 aliphatic rings. The van der Waals surface area contributed by atoms with E-state index < -0.39 is 0 Å². The minimum atomic E-state index is 0.955. The highest BCUT2D eigenvalue weighted by atomic mass is 32.1. The second-order valence-electron chi connectivity index (χ2n) is 12.0. The minimum absolute atomic E-state index is 0.955. The highest BCUT2D eigenvalue weighted by molar-refractivity contribution is 7.26. The average Bonchev–Trinajstić information content (AvgIpc) is 3.78. The van der Waals surface area contributed by atoms with Crippen LogP contribution >= 0.6 is 11.3 Å². The fourth-order valence-electron chi connectivity index (χ4n) is 7.88. The molecule has 0 N–H and O–H groups in total. The van der Waals surface area contributed by atoms with E-state index in [1.54, 1.807) is 0 Å². The molecule has 3 heteroatoms. The van der Waals surface area contributed by atoms with E-state index in [9.17, 15) is 0 Å². The van der Waals surface area contributed by atoms with Crippen molar-refractivity contribution in [3.8, 4) is 5.69 Å². The highest BCUT2D eigenvalue weighted by Gasteiger charge is 2.24. The van der Waals surface area contributed by atoms with Crippen molar-refractivity contribution in [2.24, 2.45) is 0 Å². The summed E-state index contributed by atoms with van der Waals surface area (Å²) in [5.74, 6) is 0. The molecular weight excluding hydrogens is 567 g/mol. The van der Waals surface area contributed by atoms with Crippen molar-refractivity contribution in [1.29, 1.82) is 0 Å². The predicted molar refractivity (Wildman–Crippen MR) is 193 cm³/mol. The number of benzene rings is 8. The minimum Gasteiger partial charge on any atom is -0.455 e. The third kappa shape index (κ3) is 2.98. The van der Waals surface area contributed by atoms with E-state index >= 15 is 0 Å². The summed E-state index contributed by atoms with van der Waals surface area (Å²) < 4.78 is 12.0. The van der Waals surface area contributed by atoms with Crippen LogP contribution < -0.4 is 0 Å². The van der Waals surface area contributed by atoms with Gasteiger partial charge in [0.05, 0.1) is 21.4 Å². The van der Waals surface area contributed by atoms with Gasteiger partial charge in [-0.3, -0.25) is 0 Å². The van der Waals surface area contributed by atoms with E-state index in [0.717, 1.165) is 27.3 Å². The molecular formula is C42H23NOS. The summed E-state index contributed by atoms with van der Waals surface area (Å²) in [6.45, 7) is 0. The van der Waals surface area contributed by atoms with Gasteiger partial charge >= 0.3 is 0 Å². The first-order valence-corrected chi connectivity index (χ1v) is 16.2. The molecule has 11 rings (SSSR count). The molecule has 208 valence electrons. The van der Waals surface area contributed by atoms with Crippen LogP contribution in [0, 0.1) is 0 Å². The van der Waals surface area contributed by atoms with Crippen LogP contribution in [0.5, 0.6) is 0 Å². The zero-order valence-electron chi connectivity index (χ0n) is 24.0. The summed E-state index contributed by atoms with van der Waals surface area (Å²) >= 11 is 1.89. The lowest BCUT2D eigenvalue weighted by Crippen LogP contribution is -1.95. The first-order chi connectivity index (χ1) is 22.3. The second kappa shape index (κ2) is 8.50. The van der Waals surface area contributed by atoms with E-state index in [1.807, 2.05) is 11.3 Å². The number of rotatable bonds is 1. The molecule has 0 aliphatic heterocycles. The number of hydrogen-bond acceptors (Lipinski definition) is 2. The summed E-state index contributed by atoms with van der Waals surface area (Å²) in [5.41, 5.74) is 5.56. The fraction of sp³-hybridized carbons (Fsp3) is 0. The Bertz CT molecular complexity index is 3050. The Labute approximate surface area is 260 Å². The molecule has 0 aliphatic carbocycles. The lowest BCUT2D eigenvalue weighted by molar-refractivity contribution is 0.676. The molecule has 0 atom stereocenters. The first kappa shape index (κ1) is 23.8. The molecule has 45 heavy (non-hydrogen) atoms. The molecule has 0 bridgehead atoms. The maximum atomic E-state index is 6.89. The van der Waals surface area contributed by atoms with Gasteiger partial charge in [-0.1, -0.05) is 115 Å². The van der Waals surface area contributed by atoms with Gasteiger partial charge in [-0.15, -0.1) is 11.3 Å². The van der Waals surface area contributed by atoms with Gasteiger partial charge in [-0.05, 0) is 40.4 Å². The predicted octanol–water partition coefficient (Wildman–Crippen LogP) is 12.5. The van der Waals surface area contributed by atoms with Crippen LogP contribution in [-0.4, -0.2) is 4.57 Å². The summed E-state index contributed by atoms with van der Waals surface area (Å²) in [6.07, 6.45) is 0. The van der Waals surface area contributed by atoms with Gasteiger partial charge in [0, 0.05) is 53.2 Å². The van der Waals surface area contributed by atoms with Gasteiger partial charge in [0.1, 0.15) is 11.2 Å². The zero-order chi connectivity index (χ0) is 29.2. The third-order valence-electron chi connectivity index (χ3n) is 9.74. The van der Waals surface area contributed by atoms with Crippen molar-refractivity contribution in [3.63, 3.8) is 0 Å². The van der Waals surface area contributed by atoms with Crippen LogP contribution in [0.15, 0.2) is 144 Å². The van der Waals surface area contributed by atoms with Gasteiger partial charge in [0.2, 0.25) is 0 Å². The molecule has 0 saturated carbocycles. The van der Waals surface area contributed by atoms with E-state index in [2.05, 4.69) is 144 Å². The van der Waals surface area contributed by atoms with E-state index in [1.165, 1.54) is 74.6 Å². The number of hydrogen-bond donors (Lipinski definition) is 0. The molecule has 8 aromatic carbocycles. The molecule has 2 nitrogen and oxygen atoms in total. The molecule has 11 aromatic rings. The lowest BCUT2D eigenvalue weighted by Gasteiger charge is -2.11. The van der Waals surface area contributed by atoms with Crippen molar-refractivity contribution in [1.82, 2.24) is 4.57 Å². The number of aromatic nitrogens is 1. The van der Waals surface area contributed by atoms with E-state index in [-0.39, 0.29) is 0 Å². The number of fused-ring (bicyclic) bond motifs is 17. The molecule has 0 amide bonds. The summed E-state index contributed by atoms with van der Waals surface area (Å²) in [5, 5.41) is 14.7. The van der Waals surface area contributed by atoms with E-state index in [4.69, 9.17) is 4.42 Å². The summed E-state index contributed by atoms with van der Waals surface area (Å²) in [6, 6.07) is 50.8. The SMILES string of the molecule is c1ccc2c(c1)ccc1c2oc2c3ccccc3c3c(c4ccccc4n3-c3cccc4c3sc3ccc5ccccc5c34)c12. The van der Waals surface area contributed by atoms with Crippen molar-refractivity contribution >= 4 is 108 Å². The monoisotopic (exact) mass is 589 g/mol. The van der Waals surface area contributed by atoms with Crippen LogP contribution in [0.4, 0.5) is 0 Å². The largest absolute Gasteiger partial charge is 0.455 e. The molecule has 0 spiro atoms. The van der Waals surface area contributed by atoms with Crippen LogP contribution in [-0.2, 0) is 0 Å². The Morgan fingerprint density at radius 3 is 1.96 bits per heavy atom. The van der Waals surface area contributed by atoms with Gasteiger partial charge in [0.25, 0.3) is 0 Å². The molecule has 3 heterocycles. The van der Waals surface area contributed by atoms with Crippen molar-refractivity contribution < 1.29 is 4.42 Å². The first-order valence-electron chi connectivity index (χ1n) is 15.4. The molecule has 3 aromatic heterocycles. The van der Waals surface area contributed by atoms with Crippen LogP contribution in [0.2, 0.25) is 0 Å². The Hall–Kier alpha value is -5.64.